The highest BCUT2D eigenvalue weighted by atomic mass is 31.3. The molecule has 1 aromatic heterocycles. The first kappa shape index (κ1) is 23.3. The van der Waals surface area contributed by atoms with E-state index >= 15 is 0 Å². The topological polar surface area (TPSA) is 250 Å². The first-order chi connectivity index (χ1) is 12.7. The van der Waals surface area contributed by atoms with Crippen molar-refractivity contribution in [1.29, 1.82) is 0 Å². The number of aliphatic hydroxyl groups excluding tert-OH is 1. The van der Waals surface area contributed by atoms with Crippen LogP contribution in [0.1, 0.15) is 12.6 Å². The third-order valence-corrected chi connectivity index (χ3v) is 6.99. The molecule has 2 unspecified atom stereocenters. The molecule has 1 saturated heterocycles. The van der Waals surface area contributed by atoms with E-state index in [1.807, 2.05) is 0 Å². The minimum absolute atomic E-state index is 0.0380. The van der Waals surface area contributed by atoms with Gasteiger partial charge in [-0.1, -0.05) is 0 Å². The van der Waals surface area contributed by atoms with Gasteiger partial charge in [0.1, 0.15) is 18.1 Å². The Kier molecular flexibility index (Phi) is 6.99. The van der Waals surface area contributed by atoms with Gasteiger partial charge >= 0.3 is 29.2 Å². The van der Waals surface area contributed by atoms with E-state index in [0.717, 1.165) is 4.57 Å². The van der Waals surface area contributed by atoms with Crippen LogP contribution < -0.4 is 11.4 Å². The summed E-state index contributed by atoms with van der Waals surface area (Å²) >= 11 is 0. The second-order valence-electron chi connectivity index (χ2n) is 5.36. The lowest BCUT2D eigenvalue weighted by Gasteiger charge is -2.19. The van der Waals surface area contributed by atoms with E-state index in [0.29, 0.717) is 0 Å². The number of ether oxygens (including phenoxy) is 1. The van der Waals surface area contributed by atoms with Gasteiger partial charge in [-0.3, -0.25) is 9.09 Å². The van der Waals surface area contributed by atoms with Gasteiger partial charge in [-0.05, 0) is 6.07 Å². The Labute approximate surface area is 155 Å². The second kappa shape index (κ2) is 8.40. The molecule has 0 aromatic carbocycles. The number of aliphatic hydroxyl groups is 1. The SMILES string of the molecule is Nc1ccn([C@@H]2C[C@@H](O)[C@H](COP(=O)(O)OP(=O)(O)OP(=O)(O)O)O2)c(=O)n1. The summed E-state index contributed by atoms with van der Waals surface area (Å²) in [5.41, 5.74) is 4.58. The van der Waals surface area contributed by atoms with Crippen LogP contribution in [0.15, 0.2) is 17.1 Å². The molecule has 0 saturated carbocycles. The molecule has 28 heavy (non-hydrogen) atoms. The summed E-state index contributed by atoms with van der Waals surface area (Å²) in [5, 5.41) is 9.94. The van der Waals surface area contributed by atoms with E-state index in [9.17, 15) is 28.5 Å². The standard InChI is InChI=1S/C9H16N3O13P3/c10-7-1-2-12(9(14)11-7)8-3-5(13)6(23-8)4-22-27(18,19)25-28(20,21)24-26(15,16)17/h1-2,5-6,8,13H,3-4H2,(H,18,19)(H,20,21)(H2,10,11,14)(H2,15,16,17)/t5-,6+,8+/m1/s1. The van der Waals surface area contributed by atoms with Crippen molar-refractivity contribution in [2.24, 2.45) is 0 Å². The van der Waals surface area contributed by atoms with Crippen molar-refractivity contribution < 1.29 is 56.3 Å². The van der Waals surface area contributed by atoms with Gasteiger partial charge in [-0.2, -0.15) is 13.6 Å². The molecule has 16 nitrogen and oxygen atoms in total. The summed E-state index contributed by atoms with van der Waals surface area (Å²) in [6, 6.07) is 1.30. The lowest BCUT2D eigenvalue weighted by Crippen LogP contribution is -2.28. The van der Waals surface area contributed by atoms with Gasteiger partial charge in [0, 0.05) is 12.6 Å². The number of phosphoric ester groups is 1. The molecule has 0 amide bonds. The van der Waals surface area contributed by atoms with Gasteiger partial charge in [0.05, 0.1) is 12.7 Å². The van der Waals surface area contributed by atoms with Crippen LogP contribution in [0.3, 0.4) is 0 Å². The molecule has 19 heteroatoms. The zero-order valence-electron chi connectivity index (χ0n) is 13.6. The molecule has 2 rings (SSSR count). The van der Waals surface area contributed by atoms with E-state index < -0.39 is 54.2 Å². The van der Waals surface area contributed by atoms with E-state index in [1.54, 1.807) is 0 Å². The molecule has 1 aliphatic heterocycles. The Morgan fingerprint density at radius 2 is 1.86 bits per heavy atom. The fourth-order valence-corrected chi connectivity index (χ4v) is 5.18. The van der Waals surface area contributed by atoms with Gasteiger partial charge in [0.15, 0.2) is 0 Å². The van der Waals surface area contributed by atoms with Gasteiger partial charge in [0.2, 0.25) is 0 Å². The summed E-state index contributed by atoms with van der Waals surface area (Å²) in [4.78, 5) is 50.5. The summed E-state index contributed by atoms with van der Waals surface area (Å²) in [5.74, 6) is -0.0380. The third kappa shape index (κ3) is 6.81. The van der Waals surface area contributed by atoms with Crippen molar-refractivity contribution in [2.75, 3.05) is 12.3 Å². The van der Waals surface area contributed by atoms with Gasteiger partial charge in [-0.15, -0.1) is 0 Å². The number of phosphoric acid groups is 3. The number of hydrogen-bond donors (Lipinski definition) is 6. The quantitative estimate of drug-likeness (QED) is 0.246. The summed E-state index contributed by atoms with van der Waals surface area (Å²) in [6.07, 6.45) is -2.42. The Hall–Kier alpha value is -0.990. The molecule has 1 fully saturated rings. The van der Waals surface area contributed by atoms with Crippen LogP contribution >= 0.6 is 23.5 Å². The smallest absolute Gasteiger partial charge is 0.390 e. The number of aromatic nitrogens is 2. The third-order valence-electron chi connectivity index (χ3n) is 3.18. The maximum Gasteiger partial charge on any atom is 0.490 e. The van der Waals surface area contributed by atoms with Crippen molar-refractivity contribution in [3.63, 3.8) is 0 Å². The Bertz CT molecular complexity index is 914. The zero-order chi connectivity index (χ0) is 21.3. The number of anilines is 1. The molecule has 7 N–H and O–H groups in total. The predicted octanol–water partition coefficient (Wildman–Crippen LogP) is -1.18. The minimum Gasteiger partial charge on any atom is -0.390 e. The van der Waals surface area contributed by atoms with Crippen LogP contribution in [-0.4, -0.2) is 53.0 Å². The van der Waals surface area contributed by atoms with Crippen LogP contribution in [-0.2, 0) is 31.6 Å². The normalized spacial score (nSPS) is 27.2. The molecule has 1 aromatic rings. The molecular weight excluding hydrogens is 451 g/mol. The Morgan fingerprint density at radius 1 is 1.21 bits per heavy atom. The first-order valence-electron chi connectivity index (χ1n) is 7.14. The molecule has 0 radical (unpaired) electrons. The average molecular weight is 467 g/mol. The maximum atomic E-state index is 11.8. The van der Waals surface area contributed by atoms with E-state index in [4.69, 9.17) is 25.2 Å². The predicted molar refractivity (Wildman–Crippen MR) is 87.3 cm³/mol. The summed E-state index contributed by atoms with van der Waals surface area (Å²) in [7, 11) is -16.5. The Balaban J connectivity index is 1.98. The Morgan fingerprint density at radius 3 is 2.43 bits per heavy atom. The largest absolute Gasteiger partial charge is 0.490 e. The first-order valence-corrected chi connectivity index (χ1v) is 11.7. The lowest BCUT2D eigenvalue weighted by molar-refractivity contribution is -0.0449. The monoisotopic (exact) mass is 467 g/mol. The van der Waals surface area contributed by atoms with Crippen molar-refractivity contribution >= 4 is 29.3 Å². The molecule has 5 atom stereocenters. The molecule has 1 aliphatic rings. The van der Waals surface area contributed by atoms with Gasteiger partial charge in [0.25, 0.3) is 0 Å². The number of nitrogens with zero attached hydrogens (tertiary/aromatic N) is 2. The number of nitrogen functional groups attached to an aromatic ring is 1. The fraction of sp³-hybridized carbons (Fsp3) is 0.556. The van der Waals surface area contributed by atoms with Crippen molar-refractivity contribution in [2.45, 2.75) is 24.9 Å². The van der Waals surface area contributed by atoms with Gasteiger partial charge < -0.3 is 35.2 Å². The van der Waals surface area contributed by atoms with E-state index in [-0.39, 0.29) is 12.2 Å². The number of hydrogen-bond acceptors (Lipinski definition) is 11. The molecule has 0 spiro atoms. The molecule has 2 heterocycles. The highest BCUT2D eigenvalue weighted by Gasteiger charge is 2.42. The van der Waals surface area contributed by atoms with E-state index in [1.165, 1.54) is 12.3 Å². The molecular formula is C9H16N3O13P3. The number of rotatable bonds is 8. The highest BCUT2D eigenvalue weighted by molar-refractivity contribution is 7.66. The second-order valence-corrected chi connectivity index (χ2v) is 9.78. The minimum atomic E-state index is -5.65. The highest BCUT2D eigenvalue weighted by Crippen LogP contribution is 2.66. The fourth-order valence-electron chi connectivity index (χ4n) is 2.15. The maximum absolute atomic E-state index is 11.8. The van der Waals surface area contributed by atoms with Gasteiger partial charge in [-0.25, -0.2) is 18.5 Å². The van der Waals surface area contributed by atoms with Crippen molar-refractivity contribution in [3.05, 3.63) is 22.7 Å². The van der Waals surface area contributed by atoms with Crippen LogP contribution in [0.25, 0.3) is 0 Å². The lowest BCUT2D eigenvalue weighted by atomic mass is 10.2. The molecule has 160 valence electrons. The summed E-state index contributed by atoms with van der Waals surface area (Å²) in [6.45, 7) is -0.849. The zero-order valence-corrected chi connectivity index (χ0v) is 16.3. The van der Waals surface area contributed by atoms with Crippen molar-refractivity contribution in [1.82, 2.24) is 9.55 Å². The molecule has 0 aliphatic carbocycles. The van der Waals surface area contributed by atoms with Crippen LogP contribution in [0.4, 0.5) is 5.82 Å². The average Bonchev–Trinajstić information content (AvgIpc) is 2.82. The molecule has 0 bridgehead atoms. The summed E-state index contributed by atoms with van der Waals surface area (Å²) < 4.78 is 51.2. The number of nitrogens with two attached hydrogens (primary N) is 1. The van der Waals surface area contributed by atoms with Crippen LogP contribution in [0.5, 0.6) is 0 Å². The van der Waals surface area contributed by atoms with Crippen molar-refractivity contribution in [3.8, 4) is 0 Å². The van der Waals surface area contributed by atoms with Crippen LogP contribution in [0, 0.1) is 0 Å². The van der Waals surface area contributed by atoms with E-state index in [2.05, 4.69) is 18.1 Å². The van der Waals surface area contributed by atoms with Crippen LogP contribution in [0.2, 0.25) is 0 Å².